The summed E-state index contributed by atoms with van der Waals surface area (Å²) in [6, 6.07) is 5.99. The number of hydrogen-bond donors (Lipinski definition) is 2. The second-order valence-corrected chi connectivity index (χ2v) is 6.90. The van der Waals surface area contributed by atoms with Gasteiger partial charge in [-0.05, 0) is 31.4 Å². The van der Waals surface area contributed by atoms with Crippen LogP contribution in [0.1, 0.15) is 37.7 Å². The van der Waals surface area contributed by atoms with Crippen LogP contribution in [0.5, 0.6) is 0 Å². The molecular weight excluding hydrogens is 354 g/mol. The topological polar surface area (TPSA) is 89.2 Å². The van der Waals surface area contributed by atoms with Gasteiger partial charge in [0.05, 0.1) is 12.6 Å². The van der Waals surface area contributed by atoms with Crippen LogP contribution in [0.4, 0.5) is 0 Å². The summed E-state index contributed by atoms with van der Waals surface area (Å²) < 4.78 is 7.87. The summed E-state index contributed by atoms with van der Waals surface area (Å²) in [7, 11) is 0. The van der Waals surface area contributed by atoms with E-state index in [2.05, 4.69) is 37.3 Å². The standard InChI is InChI=1S/C20H31N7O/c1-2-19-26-25-16-27(19)13-12-23-20(24-15-18-8-4-6-14-28-18)22-11-9-17-7-3-5-10-21-17/h3,5,7,10,16,18H,2,4,6,8-9,11-15H2,1H3,(H2,22,23,24). The van der Waals surface area contributed by atoms with E-state index in [-0.39, 0.29) is 6.10 Å². The average Bonchev–Trinajstić information content (AvgIpc) is 3.20. The summed E-state index contributed by atoms with van der Waals surface area (Å²) in [4.78, 5) is 9.12. The Morgan fingerprint density at radius 1 is 1.29 bits per heavy atom. The summed E-state index contributed by atoms with van der Waals surface area (Å²) in [5.74, 6) is 1.82. The molecule has 2 N–H and O–H groups in total. The number of ether oxygens (including phenoxy) is 1. The van der Waals surface area contributed by atoms with E-state index in [1.807, 2.05) is 24.4 Å². The van der Waals surface area contributed by atoms with Crippen LogP contribution in [0, 0.1) is 0 Å². The Balaban J connectivity index is 1.50. The molecule has 28 heavy (non-hydrogen) atoms. The molecule has 2 aromatic heterocycles. The number of aromatic nitrogens is 4. The number of pyridine rings is 1. The summed E-state index contributed by atoms with van der Waals surface area (Å²) in [6.45, 7) is 5.96. The monoisotopic (exact) mass is 385 g/mol. The molecule has 0 bridgehead atoms. The molecule has 1 fully saturated rings. The molecule has 3 rings (SSSR count). The number of nitrogens with zero attached hydrogens (tertiary/aromatic N) is 5. The van der Waals surface area contributed by atoms with Crippen molar-refractivity contribution in [3.63, 3.8) is 0 Å². The summed E-state index contributed by atoms with van der Waals surface area (Å²) in [5, 5.41) is 15.0. The highest BCUT2D eigenvalue weighted by Gasteiger charge is 2.13. The summed E-state index contributed by atoms with van der Waals surface area (Å²) in [5.41, 5.74) is 1.07. The molecule has 1 saturated heterocycles. The van der Waals surface area contributed by atoms with Gasteiger partial charge in [-0.25, -0.2) is 0 Å². The molecule has 1 unspecified atom stereocenters. The van der Waals surface area contributed by atoms with Gasteiger partial charge in [0.1, 0.15) is 12.2 Å². The molecule has 3 heterocycles. The van der Waals surface area contributed by atoms with Gasteiger partial charge in [-0.1, -0.05) is 13.0 Å². The third-order valence-corrected chi connectivity index (χ3v) is 4.78. The molecule has 0 spiro atoms. The first-order chi connectivity index (χ1) is 13.8. The second kappa shape index (κ2) is 11.4. The van der Waals surface area contributed by atoms with Crippen molar-refractivity contribution in [3.05, 3.63) is 42.2 Å². The maximum absolute atomic E-state index is 5.80. The molecule has 0 amide bonds. The third kappa shape index (κ3) is 6.60. The molecule has 8 heteroatoms. The van der Waals surface area contributed by atoms with Crippen molar-refractivity contribution in [3.8, 4) is 0 Å². The third-order valence-electron chi connectivity index (χ3n) is 4.78. The molecule has 0 saturated carbocycles. The first kappa shape index (κ1) is 20.3. The van der Waals surface area contributed by atoms with E-state index in [9.17, 15) is 0 Å². The number of hydrogen-bond acceptors (Lipinski definition) is 5. The lowest BCUT2D eigenvalue weighted by molar-refractivity contribution is 0.0224. The fourth-order valence-electron chi connectivity index (χ4n) is 3.21. The lowest BCUT2D eigenvalue weighted by Gasteiger charge is -2.21. The van der Waals surface area contributed by atoms with Crippen LogP contribution in [-0.2, 0) is 24.1 Å². The number of aliphatic imine (C=N–C) groups is 1. The molecule has 0 aromatic carbocycles. The average molecular weight is 386 g/mol. The lowest BCUT2D eigenvalue weighted by Crippen LogP contribution is -2.40. The van der Waals surface area contributed by atoms with Crippen molar-refractivity contribution in [1.29, 1.82) is 0 Å². The van der Waals surface area contributed by atoms with Crippen molar-refractivity contribution < 1.29 is 4.74 Å². The van der Waals surface area contributed by atoms with Gasteiger partial charge in [0.2, 0.25) is 0 Å². The molecule has 1 atom stereocenters. The zero-order valence-corrected chi connectivity index (χ0v) is 16.7. The van der Waals surface area contributed by atoms with Gasteiger partial charge in [-0.3, -0.25) is 9.98 Å². The Morgan fingerprint density at radius 2 is 2.21 bits per heavy atom. The van der Waals surface area contributed by atoms with Gasteiger partial charge in [-0.15, -0.1) is 10.2 Å². The molecule has 152 valence electrons. The fraction of sp³-hybridized carbons (Fsp3) is 0.600. The zero-order chi connectivity index (χ0) is 19.4. The molecule has 1 aliphatic rings. The van der Waals surface area contributed by atoms with Crippen LogP contribution in [0.25, 0.3) is 0 Å². The van der Waals surface area contributed by atoms with Crippen molar-refractivity contribution in [2.75, 3.05) is 26.2 Å². The maximum atomic E-state index is 5.80. The van der Waals surface area contributed by atoms with E-state index in [1.54, 1.807) is 6.33 Å². The minimum Gasteiger partial charge on any atom is -0.376 e. The first-order valence-corrected chi connectivity index (χ1v) is 10.3. The van der Waals surface area contributed by atoms with Crippen LogP contribution >= 0.6 is 0 Å². The van der Waals surface area contributed by atoms with Crippen molar-refractivity contribution in [2.45, 2.75) is 51.7 Å². The van der Waals surface area contributed by atoms with Gasteiger partial charge < -0.3 is 19.9 Å². The van der Waals surface area contributed by atoms with E-state index < -0.39 is 0 Å². The number of guanidine groups is 1. The normalized spacial score (nSPS) is 17.5. The van der Waals surface area contributed by atoms with E-state index >= 15 is 0 Å². The van der Waals surface area contributed by atoms with Crippen molar-refractivity contribution >= 4 is 5.96 Å². The van der Waals surface area contributed by atoms with Gasteiger partial charge >= 0.3 is 0 Å². The van der Waals surface area contributed by atoms with Crippen LogP contribution in [0.2, 0.25) is 0 Å². The Bertz CT molecular complexity index is 710. The maximum Gasteiger partial charge on any atom is 0.191 e. The van der Waals surface area contributed by atoms with Crippen molar-refractivity contribution in [2.24, 2.45) is 4.99 Å². The lowest BCUT2D eigenvalue weighted by atomic mass is 10.1. The number of aryl methyl sites for hydroxylation is 1. The number of rotatable bonds is 9. The SMILES string of the molecule is CCc1nncn1CCNC(=NCC1CCCCO1)NCCc1ccccn1. The first-order valence-electron chi connectivity index (χ1n) is 10.3. The largest absolute Gasteiger partial charge is 0.376 e. The van der Waals surface area contributed by atoms with Crippen LogP contribution in [0.15, 0.2) is 35.7 Å². The van der Waals surface area contributed by atoms with Crippen LogP contribution < -0.4 is 10.6 Å². The fourth-order valence-corrected chi connectivity index (χ4v) is 3.21. The Labute approximate surface area is 166 Å². The van der Waals surface area contributed by atoms with Crippen LogP contribution in [-0.4, -0.2) is 58.1 Å². The number of nitrogens with one attached hydrogen (secondary N) is 2. The zero-order valence-electron chi connectivity index (χ0n) is 16.7. The highest BCUT2D eigenvalue weighted by molar-refractivity contribution is 5.79. The highest BCUT2D eigenvalue weighted by Crippen LogP contribution is 2.12. The predicted molar refractivity (Wildman–Crippen MR) is 109 cm³/mol. The Hall–Kier alpha value is -2.48. The molecule has 0 aliphatic carbocycles. The Morgan fingerprint density at radius 3 is 3.00 bits per heavy atom. The van der Waals surface area contributed by atoms with E-state index in [4.69, 9.17) is 9.73 Å². The molecular formula is C20H31N7O. The predicted octanol–water partition coefficient (Wildman–Crippen LogP) is 1.58. The quantitative estimate of drug-likeness (QED) is 0.503. The molecule has 0 radical (unpaired) electrons. The second-order valence-electron chi connectivity index (χ2n) is 6.90. The van der Waals surface area contributed by atoms with Gasteiger partial charge in [0, 0.05) is 51.0 Å². The van der Waals surface area contributed by atoms with Gasteiger partial charge in [0.25, 0.3) is 0 Å². The molecule has 8 nitrogen and oxygen atoms in total. The Kier molecular flexibility index (Phi) is 8.24. The summed E-state index contributed by atoms with van der Waals surface area (Å²) >= 11 is 0. The minimum atomic E-state index is 0.229. The van der Waals surface area contributed by atoms with E-state index in [0.29, 0.717) is 6.54 Å². The van der Waals surface area contributed by atoms with Crippen LogP contribution in [0.3, 0.4) is 0 Å². The van der Waals surface area contributed by atoms with Gasteiger partial charge in [-0.2, -0.15) is 0 Å². The van der Waals surface area contributed by atoms with Crippen molar-refractivity contribution in [1.82, 2.24) is 30.4 Å². The minimum absolute atomic E-state index is 0.229. The van der Waals surface area contributed by atoms with Gasteiger partial charge in [0.15, 0.2) is 5.96 Å². The molecule has 1 aliphatic heterocycles. The van der Waals surface area contributed by atoms with E-state index in [0.717, 1.165) is 69.4 Å². The smallest absolute Gasteiger partial charge is 0.191 e. The molecule has 2 aromatic rings. The highest BCUT2D eigenvalue weighted by atomic mass is 16.5. The van der Waals surface area contributed by atoms with E-state index in [1.165, 1.54) is 6.42 Å². The summed E-state index contributed by atoms with van der Waals surface area (Å²) in [6.07, 6.45) is 9.04.